The molecular weight excluding hydrogens is 256 g/mol. The van der Waals surface area contributed by atoms with E-state index in [-0.39, 0.29) is 17.6 Å². The summed E-state index contributed by atoms with van der Waals surface area (Å²) in [7, 11) is 3.78. The van der Waals surface area contributed by atoms with Gasteiger partial charge in [0, 0.05) is 27.2 Å². The van der Waals surface area contributed by atoms with Crippen LogP contribution in [0.4, 0.5) is 11.9 Å². The van der Waals surface area contributed by atoms with Gasteiger partial charge in [0.1, 0.15) is 0 Å². The number of anilines is 2. The molecule has 0 aromatic carbocycles. The van der Waals surface area contributed by atoms with Crippen LogP contribution >= 0.6 is 0 Å². The van der Waals surface area contributed by atoms with Crippen LogP contribution in [-0.2, 0) is 4.74 Å². The second-order valence-corrected chi connectivity index (χ2v) is 6.00. The van der Waals surface area contributed by atoms with Crippen molar-refractivity contribution in [3.8, 4) is 0 Å². The maximum Gasteiger partial charge on any atom is 0.229 e. The van der Waals surface area contributed by atoms with E-state index in [2.05, 4.69) is 40.6 Å². The summed E-state index contributed by atoms with van der Waals surface area (Å²) in [5.74, 6) is 1.56. The van der Waals surface area contributed by atoms with Crippen LogP contribution in [0.5, 0.6) is 0 Å². The van der Waals surface area contributed by atoms with Crippen LogP contribution in [-0.4, -0.2) is 59.2 Å². The number of aromatic nitrogens is 3. The number of nitrogens with zero attached hydrogens (tertiary/aromatic N) is 5. The topological polar surface area (TPSA) is 80.4 Å². The van der Waals surface area contributed by atoms with E-state index in [1.165, 1.54) is 0 Å². The van der Waals surface area contributed by atoms with Gasteiger partial charge in [-0.15, -0.1) is 0 Å². The Morgan fingerprint density at radius 1 is 1.30 bits per heavy atom. The predicted molar refractivity (Wildman–Crippen MR) is 78.6 cm³/mol. The van der Waals surface area contributed by atoms with Gasteiger partial charge < -0.3 is 15.4 Å². The maximum absolute atomic E-state index is 5.79. The maximum atomic E-state index is 5.79. The van der Waals surface area contributed by atoms with E-state index in [0.29, 0.717) is 11.8 Å². The van der Waals surface area contributed by atoms with Gasteiger partial charge in [-0.1, -0.05) is 0 Å². The summed E-state index contributed by atoms with van der Waals surface area (Å²) in [6.07, 6.45) is 0. The molecule has 2 rings (SSSR count). The first-order chi connectivity index (χ1) is 9.28. The third-order valence-corrected chi connectivity index (χ3v) is 3.43. The van der Waals surface area contributed by atoms with Crippen molar-refractivity contribution in [2.75, 3.05) is 44.4 Å². The molecule has 1 saturated heterocycles. The molecule has 1 aromatic heterocycles. The SMILES string of the molecule is CC(c1nc(N)nc(N(C)C)n1)N1CCOC(C)(C)C1. The van der Waals surface area contributed by atoms with Crippen LogP contribution in [0, 0.1) is 0 Å². The highest BCUT2D eigenvalue weighted by molar-refractivity contribution is 5.33. The summed E-state index contributed by atoms with van der Waals surface area (Å²) >= 11 is 0. The molecule has 0 spiro atoms. The van der Waals surface area contributed by atoms with Crippen LogP contribution in [0.2, 0.25) is 0 Å². The third-order valence-electron chi connectivity index (χ3n) is 3.43. The third kappa shape index (κ3) is 3.34. The first kappa shape index (κ1) is 14.9. The monoisotopic (exact) mass is 280 g/mol. The Balaban J connectivity index is 2.22. The lowest BCUT2D eigenvalue weighted by Gasteiger charge is -2.40. The molecule has 2 N–H and O–H groups in total. The van der Waals surface area contributed by atoms with Crippen molar-refractivity contribution < 1.29 is 4.74 Å². The van der Waals surface area contributed by atoms with Crippen LogP contribution < -0.4 is 10.6 Å². The van der Waals surface area contributed by atoms with Crippen molar-refractivity contribution in [3.63, 3.8) is 0 Å². The van der Waals surface area contributed by atoms with Gasteiger partial charge in [0.25, 0.3) is 0 Å². The largest absolute Gasteiger partial charge is 0.373 e. The zero-order valence-electron chi connectivity index (χ0n) is 12.9. The van der Waals surface area contributed by atoms with Gasteiger partial charge in [0.05, 0.1) is 18.2 Å². The number of hydrogen-bond acceptors (Lipinski definition) is 7. The lowest BCUT2D eigenvalue weighted by molar-refractivity contribution is -0.0966. The normalized spacial score (nSPS) is 20.6. The summed E-state index contributed by atoms with van der Waals surface area (Å²) in [5, 5.41) is 0. The zero-order chi connectivity index (χ0) is 14.9. The van der Waals surface area contributed by atoms with Crippen molar-refractivity contribution in [2.45, 2.75) is 32.4 Å². The molecule has 7 heteroatoms. The van der Waals surface area contributed by atoms with E-state index in [1.54, 1.807) is 0 Å². The number of nitrogen functional groups attached to an aromatic ring is 1. The molecule has 0 radical (unpaired) electrons. The van der Waals surface area contributed by atoms with Crippen molar-refractivity contribution in [2.24, 2.45) is 0 Å². The molecule has 1 unspecified atom stereocenters. The smallest absolute Gasteiger partial charge is 0.229 e. The minimum Gasteiger partial charge on any atom is -0.373 e. The van der Waals surface area contributed by atoms with E-state index >= 15 is 0 Å². The molecule has 1 aromatic rings. The molecule has 1 aliphatic heterocycles. The van der Waals surface area contributed by atoms with Gasteiger partial charge in [0.2, 0.25) is 11.9 Å². The van der Waals surface area contributed by atoms with E-state index in [1.807, 2.05) is 19.0 Å². The highest BCUT2D eigenvalue weighted by atomic mass is 16.5. The van der Waals surface area contributed by atoms with Gasteiger partial charge >= 0.3 is 0 Å². The quantitative estimate of drug-likeness (QED) is 0.872. The van der Waals surface area contributed by atoms with E-state index in [0.717, 1.165) is 19.7 Å². The standard InChI is InChI=1S/C13H24N6O/c1-9(19-6-7-20-13(2,3)8-19)10-15-11(14)17-12(16-10)18(4)5/h9H,6-8H2,1-5H3,(H2,14,15,16,17). The predicted octanol–water partition coefficient (Wildman–Crippen LogP) is 0.692. The molecule has 2 heterocycles. The number of rotatable bonds is 3. The fourth-order valence-corrected chi connectivity index (χ4v) is 2.33. The Hall–Kier alpha value is -1.47. The van der Waals surface area contributed by atoms with Crippen molar-refractivity contribution in [3.05, 3.63) is 5.82 Å². The Morgan fingerprint density at radius 3 is 2.60 bits per heavy atom. The summed E-state index contributed by atoms with van der Waals surface area (Å²) < 4.78 is 5.74. The van der Waals surface area contributed by atoms with Crippen LogP contribution in [0.15, 0.2) is 0 Å². The van der Waals surface area contributed by atoms with E-state index in [9.17, 15) is 0 Å². The molecule has 1 atom stereocenters. The second-order valence-electron chi connectivity index (χ2n) is 6.00. The van der Waals surface area contributed by atoms with Crippen molar-refractivity contribution in [1.82, 2.24) is 19.9 Å². The van der Waals surface area contributed by atoms with Crippen molar-refractivity contribution >= 4 is 11.9 Å². The van der Waals surface area contributed by atoms with E-state index in [4.69, 9.17) is 10.5 Å². The average molecular weight is 280 g/mol. The highest BCUT2D eigenvalue weighted by Gasteiger charge is 2.31. The summed E-state index contributed by atoms with van der Waals surface area (Å²) in [6, 6.07) is 0.0853. The molecule has 112 valence electrons. The fraction of sp³-hybridized carbons (Fsp3) is 0.769. The first-order valence-electron chi connectivity index (χ1n) is 6.85. The minimum absolute atomic E-state index is 0.0853. The number of morpholine rings is 1. The molecule has 0 saturated carbocycles. The Labute approximate surface area is 120 Å². The van der Waals surface area contributed by atoms with Crippen LogP contribution in [0.1, 0.15) is 32.6 Å². The Kier molecular flexibility index (Phi) is 4.10. The Bertz CT molecular complexity index is 476. The zero-order valence-corrected chi connectivity index (χ0v) is 12.9. The summed E-state index contributed by atoms with van der Waals surface area (Å²) in [6.45, 7) is 8.72. The molecule has 0 amide bonds. The molecular formula is C13H24N6O. The van der Waals surface area contributed by atoms with Gasteiger partial charge in [0.15, 0.2) is 5.82 Å². The van der Waals surface area contributed by atoms with Gasteiger partial charge in [-0.05, 0) is 20.8 Å². The van der Waals surface area contributed by atoms with Gasteiger partial charge in [-0.2, -0.15) is 15.0 Å². The fourth-order valence-electron chi connectivity index (χ4n) is 2.33. The average Bonchev–Trinajstić information content (AvgIpc) is 2.35. The van der Waals surface area contributed by atoms with Crippen LogP contribution in [0.25, 0.3) is 0 Å². The lowest BCUT2D eigenvalue weighted by Crippen LogP contribution is -2.49. The molecule has 0 aliphatic carbocycles. The summed E-state index contributed by atoms with van der Waals surface area (Å²) in [5.41, 5.74) is 5.64. The lowest BCUT2D eigenvalue weighted by atomic mass is 10.1. The highest BCUT2D eigenvalue weighted by Crippen LogP contribution is 2.25. The molecule has 20 heavy (non-hydrogen) atoms. The number of hydrogen-bond donors (Lipinski definition) is 1. The van der Waals surface area contributed by atoms with Gasteiger partial charge in [-0.25, -0.2) is 0 Å². The Morgan fingerprint density at radius 2 is 2.00 bits per heavy atom. The molecule has 1 fully saturated rings. The van der Waals surface area contributed by atoms with Crippen LogP contribution in [0.3, 0.4) is 0 Å². The molecule has 1 aliphatic rings. The first-order valence-corrected chi connectivity index (χ1v) is 6.85. The second kappa shape index (κ2) is 5.49. The number of ether oxygens (including phenoxy) is 1. The van der Waals surface area contributed by atoms with Crippen molar-refractivity contribution in [1.29, 1.82) is 0 Å². The van der Waals surface area contributed by atoms with E-state index < -0.39 is 0 Å². The summed E-state index contributed by atoms with van der Waals surface area (Å²) in [4.78, 5) is 17.1. The minimum atomic E-state index is -0.143. The van der Waals surface area contributed by atoms with Gasteiger partial charge in [-0.3, -0.25) is 4.90 Å². The molecule has 0 bridgehead atoms. The number of nitrogens with two attached hydrogens (primary N) is 1. The molecule has 7 nitrogen and oxygen atoms in total.